The van der Waals surface area contributed by atoms with Gasteiger partial charge in [-0.15, -0.1) is 0 Å². The Hall–Kier alpha value is -0.640. The zero-order valence-electron chi connectivity index (χ0n) is 10.0. The number of likely N-dealkylation sites (N-methyl/N-ethyl adjacent to an activating group) is 1. The number of hydrogen-bond donors (Lipinski definition) is 1. The fraction of sp³-hybridized carbons (Fsp3) is 0.538. The van der Waals surface area contributed by atoms with Gasteiger partial charge in [0.15, 0.2) is 0 Å². The van der Waals surface area contributed by atoms with Crippen LogP contribution in [0.15, 0.2) is 18.2 Å². The third-order valence-electron chi connectivity index (χ3n) is 3.36. The smallest absolute Gasteiger partial charge is 0.129 e. The summed E-state index contributed by atoms with van der Waals surface area (Å²) in [5.41, 5.74) is 0.617. The molecule has 0 radical (unpaired) electrons. The molecule has 0 spiro atoms. The average molecular weight is 257 g/mol. The molecule has 1 N–H and O–H groups in total. The van der Waals surface area contributed by atoms with Crippen LogP contribution in [0, 0.1) is 5.82 Å². The van der Waals surface area contributed by atoms with Crippen molar-refractivity contribution < 1.29 is 4.39 Å². The zero-order chi connectivity index (χ0) is 12.3. The van der Waals surface area contributed by atoms with Gasteiger partial charge in [-0.25, -0.2) is 4.39 Å². The lowest BCUT2D eigenvalue weighted by atomic mass is 10.0. The van der Waals surface area contributed by atoms with Crippen molar-refractivity contribution in [2.75, 3.05) is 20.1 Å². The van der Waals surface area contributed by atoms with Gasteiger partial charge in [0.25, 0.3) is 0 Å². The number of nitrogens with zero attached hydrogens (tertiary/aromatic N) is 1. The van der Waals surface area contributed by atoms with E-state index in [0.29, 0.717) is 23.2 Å². The van der Waals surface area contributed by atoms with Crippen LogP contribution < -0.4 is 5.32 Å². The van der Waals surface area contributed by atoms with Gasteiger partial charge in [-0.3, -0.25) is 4.90 Å². The van der Waals surface area contributed by atoms with Crippen molar-refractivity contribution in [2.45, 2.75) is 25.4 Å². The Morgan fingerprint density at radius 1 is 1.53 bits per heavy atom. The molecule has 1 fully saturated rings. The lowest BCUT2D eigenvalue weighted by molar-refractivity contribution is 0.186. The molecule has 0 amide bonds. The van der Waals surface area contributed by atoms with Crippen molar-refractivity contribution in [1.82, 2.24) is 10.2 Å². The van der Waals surface area contributed by atoms with Gasteiger partial charge in [0.2, 0.25) is 0 Å². The first-order valence-electron chi connectivity index (χ1n) is 6.03. The zero-order valence-corrected chi connectivity index (χ0v) is 10.8. The first-order valence-corrected chi connectivity index (χ1v) is 6.41. The van der Waals surface area contributed by atoms with Crippen LogP contribution in [0.5, 0.6) is 0 Å². The van der Waals surface area contributed by atoms with Crippen molar-refractivity contribution in [3.8, 4) is 0 Å². The maximum absolute atomic E-state index is 13.7. The van der Waals surface area contributed by atoms with Crippen LogP contribution >= 0.6 is 11.6 Å². The van der Waals surface area contributed by atoms with Crippen LogP contribution in [0.3, 0.4) is 0 Å². The number of rotatable bonds is 3. The molecule has 0 saturated carbocycles. The van der Waals surface area contributed by atoms with Gasteiger partial charge in [-0.2, -0.15) is 0 Å². The van der Waals surface area contributed by atoms with E-state index in [0.717, 1.165) is 19.5 Å². The topological polar surface area (TPSA) is 15.3 Å². The van der Waals surface area contributed by atoms with Crippen LogP contribution in [-0.4, -0.2) is 31.1 Å². The van der Waals surface area contributed by atoms with Crippen LogP contribution in [0.1, 0.15) is 18.4 Å². The quantitative estimate of drug-likeness (QED) is 0.895. The predicted molar refractivity (Wildman–Crippen MR) is 68.8 cm³/mol. The van der Waals surface area contributed by atoms with Crippen LogP contribution in [0.2, 0.25) is 5.02 Å². The van der Waals surface area contributed by atoms with Gasteiger partial charge in [0.1, 0.15) is 5.82 Å². The Balaban J connectivity index is 2.05. The summed E-state index contributed by atoms with van der Waals surface area (Å²) in [7, 11) is 1.98. The molecular weight excluding hydrogens is 239 g/mol. The molecule has 94 valence electrons. The fourth-order valence-electron chi connectivity index (χ4n) is 2.34. The molecule has 1 aliphatic heterocycles. The molecule has 1 heterocycles. The molecule has 2 nitrogen and oxygen atoms in total. The molecular formula is C13H18ClFN2. The number of likely N-dealkylation sites (tertiary alicyclic amines) is 1. The van der Waals surface area contributed by atoms with E-state index in [1.54, 1.807) is 12.1 Å². The SMILES string of the molecule is CN[C@@H]1CCCN(Cc2c(F)cccc2Cl)C1. The number of hydrogen-bond acceptors (Lipinski definition) is 2. The molecule has 0 aliphatic carbocycles. The Bertz CT molecular complexity index is 363. The Morgan fingerprint density at radius 2 is 2.35 bits per heavy atom. The summed E-state index contributed by atoms with van der Waals surface area (Å²) in [5.74, 6) is -0.205. The van der Waals surface area contributed by atoms with E-state index in [1.807, 2.05) is 7.05 Å². The summed E-state index contributed by atoms with van der Waals surface area (Å²) < 4.78 is 13.7. The second-order valence-electron chi connectivity index (χ2n) is 4.56. The second kappa shape index (κ2) is 5.80. The number of nitrogens with one attached hydrogen (secondary N) is 1. The van der Waals surface area contributed by atoms with Crippen molar-refractivity contribution in [2.24, 2.45) is 0 Å². The molecule has 1 aromatic carbocycles. The number of halogens is 2. The van der Waals surface area contributed by atoms with Gasteiger partial charge in [0, 0.05) is 29.7 Å². The van der Waals surface area contributed by atoms with Crippen LogP contribution in [0.4, 0.5) is 4.39 Å². The fourth-order valence-corrected chi connectivity index (χ4v) is 2.56. The molecule has 1 aromatic rings. The van der Waals surface area contributed by atoms with E-state index in [4.69, 9.17) is 11.6 Å². The summed E-state index contributed by atoms with van der Waals surface area (Å²) in [6, 6.07) is 5.38. The van der Waals surface area contributed by atoms with Crippen molar-refractivity contribution >= 4 is 11.6 Å². The summed E-state index contributed by atoms with van der Waals surface area (Å²) in [5, 5.41) is 3.81. The summed E-state index contributed by atoms with van der Waals surface area (Å²) in [6.07, 6.45) is 2.34. The largest absolute Gasteiger partial charge is 0.316 e. The van der Waals surface area contributed by atoms with Crippen molar-refractivity contribution in [3.63, 3.8) is 0 Å². The first-order chi connectivity index (χ1) is 8.20. The minimum Gasteiger partial charge on any atom is -0.316 e. The van der Waals surface area contributed by atoms with Crippen LogP contribution in [-0.2, 0) is 6.54 Å². The van der Waals surface area contributed by atoms with Gasteiger partial charge < -0.3 is 5.32 Å². The highest BCUT2D eigenvalue weighted by atomic mass is 35.5. The van der Waals surface area contributed by atoms with Gasteiger partial charge in [0.05, 0.1) is 0 Å². The Kier molecular flexibility index (Phi) is 4.37. The summed E-state index contributed by atoms with van der Waals surface area (Å²) in [4.78, 5) is 2.26. The van der Waals surface area contributed by atoms with E-state index < -0.39 is 0 Å². The van der Waals surface area contributed by atoms with Gasteiger partial charge >= 0.3 is 0 Å². The molecule has 0 unspecified atom stereocenters. The van der Waals surface area contributed by atoms with Crippen molar-refractivity contribution in [3.05, 3.63) is 34.6 Å². The predicted octanol–water partition coefficient (Wildman–Crippen LogP) is 2.66. The number of piperidine rings is 1. The van der Waals surface area contributed by atoms with E-state index in [1.165, 1.54) is 12.5 Å². The van der Waals surface area contributed by atoms with E-state index >= 15 is 0 Å². The highest BCUT2D eigenvalue weighted by Crippen LogP contribution is 2.22. The van der Waals surface area contributed by atoms with Crippen LogP contribution in [0.25, 0.3) is 0 Å². The number of benzene rings is 1. The molecule has 1 saturated heterocycles. The lowest BCUT2D eigenvalue weighted by Gasteiger charge is -2.32. The van der Waals surface area contributed by atoms with Gasteiger partial charge in [-0.1, -0.05) is 17.7 Å². The van der Waals surface area contributed by atoms with E-state index in [9.17, 15) is 4.39 Å². The molecule has 17 heavy (non-hydrogen) atoms. The third-order valence-corrected chi connectivity index (χ3v) is 3.71. The Morgan fingerprint density at radius 3 is 3.06 bits per heavy atom. The summed E-state index contributed by atoms with van der Waals surface area (Å²) in [6.45, 7) is 2.58. The third kappa shape index (κ3) is 3.18. The van der Waals surface area contributed by atoms with E-state index in [-0.39, 0.29) is 5.82 Å². The Labute approximate surface area is 107 Å². The first kappa shape index (κ1) is 12.8. The maximum Gasteiger partial charge on any atom is 0.129 e. The highest BCUT2D eigenvalue weighted by molar-refractivity contribution is 6.31. The van der Waals surface area contributed by atoms with Gasteiger partial charge in [-0.05, 0) is 38.6 Å². The van der Waals surface area contributed by atoms with E-state index in [2.05, 4.69) is 10.2 Å². The minimum atomic E-state index is -0.205. The maximum atomic E-state index is 13.7. The average Bonchev–Trinajstić information content (AvgIpc) is 2.34. The summed E-state index contributed by atoms with van der Waals surface area (Å²) >= 11 is 6.04. The highest BCUT2D eigenvalue weighted by Gasteiger charge is 2.20. The lowest BCUT2D eigenvalue weighted by Crippen LogP contribution is -2.44. The molecule has 0 aromatic heterocycles. The molecule has 4 heteroatoms. The minimum absolute atomic E-state index is 0.205. The molecule has 2 rings (SSSR count). The molecule has 0 bridgehead atoms. The monoisotopic (exact) mass is 256 g/mol. The molecule has 1 aliphatic rings. The second-order valence-corrected chi connectivity index (χ2v) is 4.97. The molecule has 1 atom stereocenters. The standard InChI is InChI=1S/C13H18ClFN2/c1-16-10-4-3-7-17(8-10)9-11-12(14)5-2-6-13(11)15/h2,5-6,10,16H,3-4,7-9H2,1H3/t10-/m1/s1. The van der Waals surface area contributed by atoms with Crippen molar-refractivity contribution in [1.29, 1.82) is 0 Å². The normalized spacial score (nSPS) is 21.7.